The first-order valence-electron chi connectivity index (χ1n) is 16.8. The summed E-state index contributed by atoms with van der Waals surface area (Å²) in [5.41, 5.74) is 0.605. The standard InChI is InChI=1S/C39H50N2O7S/c1-29-19-21-32(22-20-29)49(44,45)46-26-13-12-23-40(36(42)47-38(2,3)4)24-14-25-41(37(43)48-39(5,6)7)28-35-33-17-10-8-15-30(33)27-31-16-9-11-18-34(31)35/h8-11,15-22,27H,12-14,23-26,28H2,1-7H3. The fourth-order valence-corrected chi connectivity index (χ4v) is 6.39. The van der Waals surface area contributed by atoms with E-state index in [1.54, 1.807) is 21.9 Å². The van der Waals surface area contributed by atoms with Gasteiger partial charge in [0.1, 0.15) is 11.2 Å². The van der Waals surface area contributed by atoms with Gasteiger partial charge in [-0.1, -0.05) is 66.2 Å². The number of amides is 2. The monoisotopic (exact) mass is 690 g/mol. The van der Waals surface area contributed by atoms with E-state index in [4.69, 9.17) is 13.7 Å². The Morgan fingerprint density at radius 1 is 0.653 bits per heavy atom. The molecule has 0 aliphatic rings. The first-order valence-corrected chi connectivity index (χ1v) is 18.2. The Labute approximate surface area is 291 Å². The third-order valence-electron chi connectivity index (χ3n) is 7.76. The Bertz CT molecular complexity index is 1790. The molecule has 0 atom stereocenters. The lowest BCUT2D eigenvalue weighted by molar-refractivity contribution is 0.0193. The molecule has 4 aromatic rings. The van der Waals surface area contributed by atoms with Crippen LogP contribution in [0.4, 0.5) is 9.59 Å². The largest absolute Gasteiger partial charge is 0.444 e. The topological polar surface area (TPSA) is 102 Å². The molecule has 0 saturated carbocycles. The molecule has 49 heavy (non-hydrogen) atoms. The number of rotatable bonds is 13. The maximum Gasteiger partial charge on any atom is 0.410 e. The highest BCUT2D eigenvalue weighted by atomic mass is 32.2. The van der Waals surface area contributed by atoms with E-state index in [1.165, 1.54) is 12.1 Å². The van der Waals surface area contributed by atoms with Crippen LogP contribution < -0.4 is 0 Å². The Kier molecular flexibility index (Phi) is 12.3. The number of fused-ring (bicyclic) bond motifs is 2. The zero-order valence-electron chi connectivity index (χ0n) is 29.8. The summed E-state index contributed by atoms with van der Waals surface area (Å²) in [6.07, 6.45) is 0.493. The van der Waals surface area contributed by atoms with E-state index in [0.717, 1.165) is 32.7 Å². The molecule has 0 bridgehead atoms. The van der Waals surface area contributed by atoms with Crippen LogP contribution in [0.2, 0.25) is 0 Å². The van der Waals surface area contributed by atoms with Crippen molar-refractivity contribution in [2.24, 2.45) is 0 Å². The Hall–Kier alpha value is -4.15. The van der Waals surface area contributed by atoms with Crippen molar-refractivity contribution in [1.29, 1.82) is 0 Å². The summed E-state index contributed by atoms with van der Waals surface area (Å²) in [6, 6.07) is 25.0. The Morgan fingerprint density at radius 3 is 1.69 bits per heavy atom. The molecule has 0 radical (unpaired) electrons. The van der Waals surface area contributed by atoms with Crippen LogP contribution in [-0.2, 0) is 30.3 Å². The van der Waals surface area contributed by atoms with Gasteiger partial charge in [0.05, 0.1) is 18.0 Å². The normalized spacial score (nSPS) is 12.2. The Balaban J connectivity index is 1.46. The van der Waals surface area contributed by atoms with E-state index < -0.39 is 33.5 Å². The van der Waals surface area contributed by atoms with Crippen molar-refractivity contribution < 1.29 is 31.7 Å². The van der Waals surface area contributed by atoms with Crippen LogP contribution in [0.25, 0.3) is 21.5 Å². The van der Waals surface area contributed by atoms with Gasteiger partial charge in [0.2, 0.25) is 0 Å². The number of ether oxygens (including phenoxy) is 2. The molecule has 264 valence electrons. The number of aryl methyl sites for hydroxylation is 1. The molecule has 4 rings (SSSR count). The van der Waals surface area contributed by atoms with Crippen molar-refractivity contribution in [2.45, 2.75) is 90.4 Å². The SMILES string of the molecule is Cc1ccc(S(=O)(=O)OCCCCN(CCCN(Cc2c3ccccc3cc3ccccc23)C(=O)OC(C)(C)C)C(=O)OC(C)(C)C)cc1. The molecule has 0 N–H and O–H groups in total. The summed E-state index contributed by atoms with van der Waals surface area (Å²) in [4.78, 5) is 30.3. The van der Waals surface area contributed by atoms with Gasteiger partial charge < -0.3 is 19.3 Å². The van der Waals surface area contributed by atoms with E-state index in [-0.39, 0.29) is 11.5 Å². The first-order chi connectivity index (χ1) is 23.0. The summed E-state index contributed by atoms with van der Waals surface area (Å²) in [6.45, 7) is 14.2. The maximum absolute atomic E-state index is 13.6. The molecular formula is C39H50N2O7S. The van der Waals surface area contributed by atoms with Crippen molar-refractivity contribution >= 4 is 43.8 Å². The minimum absolute atomic E-state index is 0.0101. The quantitative estimate of drug-likeness (QED) is 0.0785. The molecule has 0 fully saturated rings. The van der Waals surface area contributed by atoms with E-state index in [2.05, 4.69) is 30.3 Å². The molecule has 4 aromatic carbocycles. The first kappa shape index (κ1) is 37.7. The second-order valence-electron chi connectivity index (χ2n) is 14.3. The zero-order valence-corrected chi connectivity index (χ0v) is 30.6. The van der Waals surface area contributed by atoms with Crippen molar-refractivity contribution in [2.75, 3.05) is 26.2 Å². The molecular weight excluding hydrogens is 641 g/mol. The Morgan fingerprint density at radius 2 is 1.14 bits per heavy atom. The van der Waals surface area contributed by atoms with Gasteiger partial charge in [0.25, 0.3) is 10.1 Å². The zero-order chi connectivity index (χ0) is 35.8. The van der Waals surface area contributed by atoms with Gasteiger partial charge in [-0.15, -0.1) is 0 Å². The van der Waals surface area contributed by atoms with Crippen LogP contribution in [0, 0.1) is 6.92 Å². The number of carbonyl (C=O) groups excluding carboxylic acids is 2. The molecule has 0 saturated heterocycles. The molecule has 2 amide bonds. The van der Waals surface area contributed by atoms with Gasteiger partial charge >= 0.3 is 12.2 Å². The van der Waals surface area contributed by atoms with E-state index in [1.807, 2.05) is 72.7 Å². The van der Waals surface area contributed by atoms with Crippen molar-refractivity contribution in [3.05, 3.63) is 90.0 Å². The lowest BCUT2D eigenvalue weighted by atomic mass is 9.96. The van der Waals surface area contributed by atoms with Gasteiger partial charge in [-0.3, -0.25) is 4.18 Å². The van der Waals surface area contributed by atoms with E-state index in [0.29, 0.717) is 45.4 Å². The number of hydrogen-bond acceptors (Lipinski definition) is 7. The fourth-order valence-electron chi connectivity index (χ4n) is 5.45. The average Bonchev–Trinajstić information content (AvgIpc) is 3.01. The van der Waals surface area contributed by atoms with Gasteiger partial charge in [0.15, 0.2) is 0 Å². The molecule has 10 heteroatoms. The number of hydrogen-bond donors (Lipinski definition) is 0. The summed E-state index contributed by atoms with van der Waals surface area (Å²) >= 11 is 0. The molecule has 0 aliphatic heterocycles. The van der Waals surface area contributed by atoms with Gasteiger partial charge in [-0.25, -0.2) is 9.59 Å². The van der Waals surface area contributed by atoms with Crippen molar-refractivity contribution in [3.63, 3.8) is 0 Å². The molecule has 0 aliphatic carbocycles. The number of carbonyl (C=O) groups is 2. The second kappa shape index (κ2) is 16.0. The van der Waals surface area contributed by atoms with Crippen LogP contribution in [0.5, 0.6) is 0 Å². The number of benzene rings is 4. The summed E-state index contributed by atoms with van der Waals surface area (Å²) < 4.78 is 42.0. The van der Waals surface area contributed by atoms with Gasteiger partial charge in [0, 0.05) is 19.6 Å². The van der Waals surface area contributed by atoms with Gasteiger partial charge in [-0.2, -0.15) is 8.42 Å². The maximum atomic E-state index is 13.6. The number of nitrogens with zero attached hydrogens (tertiary/aromatic N) is 2. The molecule has 0 heterocycles. The van der Waals surface area contributed by atoms with Crippen LogP contribution >= 0.6 is 0 Å². The molecule has 0 spiro atoms. The predicted octanol–water partition coefficient (Wildman–Crippen LogP) is 8.85. The minimum atomic E-state index is -3.87. The fraction of sp³-hybridized carbons (Fsp3) is 0.436. The molecule has 0 unspecified atom stereocenters. The van der Waals surface area contributed by atoms with Crippen LogP contribution in [0.3, 0.4) is 0 Å². The highest BCUT2D eigenvalue weighted by molar-refractivity contribution is 7.86. The summed E-state index contributed by atoms with van der Waals surface area (Å²) in [7, 11) is -3.87. The summed E-state index contributed by atoms with van der Waals surface area (Å²) in [5.74, 6) is 0. The van der Waals surface area contributed by atoms with E-state index in [9.17, 15) is 18.0 Å². The van der Waals surface area contributed by atoms with Crippen LogP contribution in [0.15, 0.2) is 83.8 Å². The minimum Gasteiger partial charge on any atom is -0.444 e. The highest BCUT2D eigenvalue weighted by Crippen LogP contribution is 2.30. The lowest BCUT2D eigenvalue weighted by Crippen LogP contribution is -2.41. The van der Waals surface area contributed by atoms with Crippen molar-refractivity contribution in [1.82, 2.24) is 9.80 Å². The smallest absolute Gasteiger partial charge is 0.410 e. The highest BCUT2D eigenvalue weighted by Gasteiger charge is 2.26. The van der Waals surface area contributed by atoms with Crippen molar-refractivity contribution in [3.8, 4) is 0 Å². The van der Waals surface area contributed by atoms with E-state index >= 15 is 0 Å². The van der Waals surface area contributed by atoms with Crippen LogP contribution in [-0.4, -0.2) is 67.8 Å². The third kappa shape index (κ3) is 11.2. The second-order valence-corrected chi connectivity index (χ2v) is 15.9. The molecule has 9 nitrogen and oxygen atoms in total. The predicted molar refractivity (Wildman–Crippen MR) is 194 cm³/mol. The average molecular weight is 691 g/mol. The summed E-state index contributed by atoms with van der Waals surface area (Å²) in [5, 5.41) is 4.31. The molecule has 0 aromatic heterocycles. The van der Waals surface area contributed by atoms with Gasteiger partial charge in [-0.05, 0) is 113 Å². The number of unbranched alkanes of at least 4 members (excludes halogenated alkanes) is 1. The third-order valence-corrected chi connectivity index (χ3v) is 9.09. The van der Waals surface area contributed by atoms with Crippen LogP contribution in [0.1, 0.15) is 71.9 Å². The lowest BCUT2D eigenvalue weighted by Gasteiger charge is -2.30.